The molecule has 1 N–H and O–H groups in total. The molecule has 0 aliphatic heterocycles. The number of ether oxygens (including phenoxy) is 1. The van der Waals surface area contributed by atoms with E-state index in [2.05, 4.69) is 10.3 Å². The van der Waals surface area contributed by atoms with E-state index < -0.39 is 11.6 Å². The van der Waals surface area contributed by atoms with Gasteiger partial charge in [-0.2, -0.15) is 0 Å². The lowest BCUT2D eigenvalue weighted by Crippen LogP contribution is -2.20. The molecule has 0 aliphatic rings. The van der Waals surface area contributed by atoms with Gasteiger partial charge in [0.05, 0.1) is 13.2 Å². The summed E-state index contributed by atoms with van der Waals surface area (Å²) >= 11 is 0. The summed E-state index contributed by atoms with van der Waals surface area (Å²) in [5.74, 6) is -1.16. The summed E-state index contributed by atoms with van der Waals surface area (Å²) in [4.78, 5) is 4.25. The lowest BCUT2D eigenvalue weighted by Gasteiger charge is -2.18. The maximum Gasteiger partial charge on any atom is 0.159 e. The Kier molecular flexibility index (Phi) is 4.06. The molecule has 0 bridgehead atoms. The van der Waals surface area contributed by atoms with Crippen molar-refractivity contribution in [3.63, 3.8) is 0 Å². The topological polar surface area (TPSA) is 34.2 Å². The molecule has 3 nitrogen and oxygen atoms in total. The lowest BCUT2D eigenvalue weighted by atomic mass is 10.0. The summed E-state index contributed by atoms with van der Waals surface area (Å²) in [5.41, 5.74) is 1.21. The zero-order valence-corrected chi connectivity index (χ0v) is 10.7. The monoisotopic (exact) mass is 264 g/mol. The van der Waals surface area contributed by atoms with E-state index in [1.165, 1.54) is 6.07 Å². The average Bonchev–Trinajstić information content (AvgIpc) is 2.44. The summed E-state index contributed by atoms with van der Waals surface area (Å²) in [6.45, 7) is 0. The molecule has 0 radical (unpaired) electrons. The van der Waals surface area contributed by atoms with Crippen LogP contribution in [-0.4, -0.2) is 19.1 Å². The van der Waals surface area contributed by atoms with E-state index in [4.69, 9.17) is 4.74 Å². The van der Waals surface area contributed by atoms with E-state index in [0.29, 0.717) is 17.0 Å². The molecule has 2 aromatic rings. The first kappa shape index (κ1) is 13.4. The van der Waals surface area contributed by atoms with Gasteiger partial charge in [-0.15, -0.1) is 0 Å². The van der Waals surface area contributed by atoms with Crippen molar-refractivity contribution in [2.45, 2.75) is 6.04 Å². The fourth-order valence-corrected chi connectivity index (χ4v) is 1.95. The molecule has 1 heterocycles. The van der Waals surface area contributed by atoms with Crippen molar-refractivity contribution >= 4 is 0 Å². The van der Waals surface area contributed by atoms with Gasteiger partial charge >= 0.3 is 0 Å². The highest BCUT2D eigenvalue weighted by molar-refractivity contribution is 5.37. The third-order valence-corrected chi connectivity index (χ3v) is 2.86. The molecule has 0 aliphatic carbocycles. The maximum absolute atomic E-state index is 13.3. The van der Waals surface area contributed by atoms with E-state index in [1.54, 1.807) is 32.5 Å². The minimum atomic E-state index is -0.882. The van der Waals surface area contributed by atoms with Crippen LogP contribution < -0.4 is 10.1 Å². The van der Waals surface area contributed by atoms with Crippen molar-refractivity contribution < 1.29 is 13.5 Å². The van der Waals surface area contributed by atoms with Gasteiger partial charge in [0.15, 0.2) is 11.6 Å². The smallest absolute Gasteiger partial charge is 0.159 e. The number of hydrogen-bond acceptors (Lipinski definition) is 3. The Morgan fingerprint density at radius 3 is 2.63 bits per heavy atom. The van der Waals surface area contributed by atoms with Crippen molar-refractivity contribution in [2.24, 2.45) is 0 Å². The Labute approximate surface area is 110 Å². The second kappa shape index (κ2) is 5.75. The Morgan fingerprint density at radius 2 is 2.00 bits per heavy atom. The predicted molar refractivity (Wildman–Crippen MR) is 68.0 cm³/mol. The summed E-state index contributed by atoms with van der Waals surface area (Å²) in [6, 6.07) is 6.93. The second-order valence-electron chi connectivity index (χ2n) is 3.99. The van der Waals surface area contributed by atoms with E-state index in [9.17, 15) is 8.78 Å². The molecular formula is C14H14F2N2O. The molecule has 5 heteroatoms. The maximum atomic E-state index is 13.3. The Morgan fingerprint density at radius 1 is 1.21 bits per heavy atom. The van der Waals surface area contributed by atoms with Crippen LogP contribution in [0.15, 0.2) is 36.5 Å². The van der Waals surface area contributed by atoms with Crippen molar-refractivity contribution in [1.82, 2.24) is 10.3 Å². The molecule has 19 heavy (non-hydrogen) atoms. The fourth-order valence-electron chi connectivity index (χ4n) is 1.95. The normalized spacial score (nSPS) is 12.2. The molecule has 0 saturated heterocycles. The first-order valence-corrected chi connectivity index (χ1v) is 5.78. The van der Waals surface area contributed by atoms with Crippen LogP contribution in [0.4, 0.5) is 8.78 Å². The lowest BCUT2D eigenvalue weighted by molar-refractivity contribution is 0.401. The Hall–Kier alpha value is -2.01. The van der Waals surface area contributed by atoms with Crippen LogP contribution in [0.5, 0.6) is 5.75 Å². The van der Waals surface area contributed by atoms with E-state index in [1.807, 2.05) is 0 Å². The molecule has 0 fully saturated rings. The first-order valence-electron chi connectivity index (χ1n) is 5.78. The van der Waals surface area contributed by atoms with Crippen molar-refractivity contribution in [3.05, 3.63) is 59.4 Å². The number of nitrogens with zero attached hydrogens (tertiary/aromatic N) is 1. The highest BCUT2D eigenvalue weighted by Crippen LogP contribution is 2.28. The van der Waals surface area contributed by atoms with Crippen LogP contribution in [-0.2, 0) is 0 Å². The van der Waals surface area contributed by atoms with Crippen LogP contribution in [0.2, 0.25) is 0 Å². The highest BCUT2D eigenvalue weighted by atomic mass is 19.2. The molecule has 1 atom stereocenters. The quantitative estimate of drug-likeness (QED) is 0.922. The number of methoxy groups -OCH3 is 1. The van der Waals surface area contributed by atoms with Gasteiger partial charge in [0.2, 0.25) is 0 Å². The van der Waals surface area contributed by atoms with Gasteiger partial charge in [0.1, 0.15) is 11.4 Å². The van der Waals surface area contributed by atoms with E-state index >= 15 is 0 Å². The number of rotatable bonds is 4. The standard InChI is InChI=1S/C14H14F2N2O/c1-17-13(9-5-6-10(15)11(16)8-9)14-12(19-2)4-3-7-18-14/h3-8,13,17H,1-2H3. The number of hydrogen-bond donors (Lipinski definition) is 1. The zero-order chi connectivity index (χ0) is 13.8. The van der Waals surface area contributed by atoms with E-state index in [-0.39, 0.29) is 6.04 Å². The minimum absolute atomic E-state index is 0.369. The van der Waals surface area contributed by atoms with Crippen molar-refractivity contribution in [3.8, 4) is 5.75 Å². The fraction of sp³-hybridized carbons (Fsp3) is 0.214. The number of halogens is 2. The zero-order valence-electron chi connectivity index (χ0n) is 10.7. The molecule has 0 spiro atoms. The van der Waals surface area contributed by atoms with Gasteiger partial charge < -0.3 is 10.1 Å². The molecule has 1 unspecified atom stereocenters. The third-order valence-electron chi connectivity index (χ3n) is 2.86. The number of pyridine rings is 1. The Bertz CT molecular complexity index is 575. The molecule has 0 saturated carbocycles. The van der Waals surface area contributed by atoms with Gasteiger partial charge in [-0.05, 0) is 36.9 Å². The predicted octanol–water partition coefficient (Wildman–Crippen LogP) is 2.68. The summed E-state index contributed by atoms with van der Waals surface area (Å²) in [6.07, 6.45) is 1.63. The molecule has 0 amide bonds. The Balaban J connectivity index is 2.46. The number of benzene rings is 1. The average molecular weight is 264 g/mol. The van der Waals surface area contributed by atoms with Crippen LogP contribution in [0.1, 0.15) is 17.3 Å². The van der Waals surface area contributed by atoms with Gasteiger partial charge in [-0.3, -0.25) is 4.98 Å². The summed E-state index contributed by atoms with van der Waals surface area (Å²) in [7, 11) is 3.26. The van der Waals surface area contributed by atoms with Gasteiger partial charge in [-0.25, -0.2) is 8.78 Å². The van der Waals surface area contributed by atoms with Crippen LogP contribution in [0.3, 0.4) is 0 Å². The molecular weight excluding hydrogens is 250 g/mol. The second-order valence-corrected chi connectivity index (χ2v) is 3.99. The minimum Gasteiger partial charge on any atom is -0.495 e. The SMILES string of the molecule is CNC(c1ccc(F)c(F)c1)c1ncccc1OC. The summed E-state index contributed by atoms with van der Waals surface area (Å²) < 4.78 is 31.5. The van der Waals surface area contributed by atoms with Crippen molar-refractivity contribution in [1.29, 1.82) is 0 Å². The third kappa shape index (κ3) is 2.71. The van der Waals surface area contributed by atoms with Gasteiger partial charge in [-0.1, -0.05) is 6.07 Å². The van der Waals surface area contributed by atoms with Crippen molar-refractivity contribution in [2.75, 3.05) is 14.2 Å². The molecule has 2 rings (SSSR count). The summed E-state index contributed by atoms with van der Waals surface area (Å²) in [5, 5.41) is 3.02. The molecule has 100 valence electrons. The van der Waals surface area contributed by atoms with Crippen LogP contribution in [0, 0.1) is 11.6 Å². The molecule has 1 aromatic carbocycles. The van der Waals surface area contributed by atoms with Crippen LogP contribution in [0.25, 0.3) is 0 Å². The van der Waals surface area contributed by atoms with Gasteiger partial charge in [0, 0.05) is 6.20 Å². The van der Waals surface area contributed by atoms with Crippen LogP contribution >= 0.6 is 0 Å². The van der Waals surface area contributed by atoms with Gasteiger partial charge in [0.25, 0.3) is 0 Å². The number of nitrogens with one attached hydrogen (secondary N) is 1. The highest BCUT2D eigenvalue weighted by Gasteiger charge is 2.19. The number of aromatic nitrogens is 1. The first-order chi connectivity index (χ1) is 9.17. The largest absolute Gasteiger partial charge is 0.495 e. The van der Waals surface area contributed by atoms with E-state index in [0.717, 1.165) is 12.1 Å². The molecule has 1 aromatic heterocycles.